The minimum atomic E-state index is -0.772. The summed E-state index contributed by atoms with van der Waals surface area (Å²) in [5, 5.41) is 9.28. The molecular weight excluding hydrogens is 182 g/mol. The molecule has 0 amide bonds. The van der Waals surface area contributed by atoms with Crippen LogP contribution in [0.1, 0.15) is 27.7 Å². The first-order valence-electron chi connectivity index (χ1n) is 4.68. The molecule has 0 atom stereocenters. The van der Waals surface area contributed by atoms with Gasteiger partial charge in [0.1, 0.15) is 5.69 Å². The lowest BCUT2D eigenvalue weighted by molar-refractivity contribution is 0.454. The van der Waals surface area contributed by atoms with E-state index in [-0.39, 0.29) is 17.8 Å². The van der Waals surface area contributed by atoms with Crippen molar-refractivity contribution in [3.8, 4) is 5.75 Å². The van der Waals surface area contributed by atoms with E-state index in [4.69, 9.17) is 0 Å². The molecule has 14 heavy (non-hydrogen) atoms. The molecule has 4 heteroatoms. The van der Waals surface area contributed by atoms with Crippen molar-refractivity contribution in [1.82, 2.24) is 0 Å². The molecule has 0 aliphatic rings. The van der Waals surface area contributed by atoms with Crippen LogP contribution in [-0.2, 0) is 0 Å². The van der Waals surface area contributed by atoms with E-state index < -0.39 is 16.6 Å². The zero-order valence-electron chi connectivity index (χ0n) is 8.87. The summed E-state index contributed by atoms with van der Waals surface area (Å²) in [6.45, 7) is 7.65. The highest BCUT2D eigenvalue weighted by Crippen LogP contribution is 2.24. The van der Waals surface area contributed by atoms with Crippen molar-refractivity contribution in [2.75, 3.05) is 4.90 Å². The molecule has 4 nitrogen and oxygen atoms in total. The van der Waals surface area contributed by atoms with Crippen molar-refractivity contribution in [1.29, 1.82) is 0 Å². The van der Waals surface area contributed by atoms with Crippen LogP contribution in [0, 0.1) is 0 Å². The van der Waals surface area contributed by atoms with Crippen molar-refractivity contribution < 1.29 is 5.11 Å². The maximum Gasteiger partial charge on any atom is 0.271 e. The highest BCUT2D eigenvalue weighted by atomic mass is 16.3. The van der Waals surface area contributed by atoms with E-state index in [2.05, 4.69) is 0 Å². The normalized spacial score (nSPS) is 11.6. The Balaban J connectivity index is 3.15. The van der Waals surface area contributed by atoms with Crippen LogP contribution < -0.4 is 15.8 Å². The monoisotopic (exact) mass is 197 g/mol. The Morgan fingerprint density at radius 1 is 1.00 bits per heavy atom. The number of anilines is 1. The summed E-state index contributed by atoms with van der Waals surface area (Å²) < 4.78 is 0. The summed E-state index contributed by atoms with van der Waals surface area (Å²) in [6.07, 6.45) is 0. The average Bonchev–Trinajstić information content (AvgIpc) is 2.10. The minimum Gasteiger partial charge on any atom is -0.502 e. The molecule has 0 heterocycles. The highest BCUT2D eigenvalue weighted by molar-refractivity contribution is 5.63. The first-order valence-corrected chi connectivity index (χ1v) is 4.68. The predicted molar refractivity (Wildman–Crippen MR) is 55.8 cm³/mol. The second-order valence-corrected chi connectivity index (χ2v) is 3.95. The Hall–Kier alpha value is -1.32. The Morgan fingerprint density at radius 2 is 1.43 bits per heavy atom. The van der Waals surface area contributed by atoms with Crippen LogP contribution in [0.15, 0.2) is 9.59 Å². The third kappa shape index (κ3) is 1.41. The first-order chi connectivity index (χ1) is 6.37. The van der Waals surface area contributed by atoms with E-state index in [9.17, 15) is 14.7 Å². The molecule has 1 aromatic carbocycles. The molecule has 0 aromatic heterocycles. The summed E-state index contributed by atoms with van der Waals surface area (Å²) in [7, 11) is 0. The standard InChI is InChI=1S/C10H15NO3/c1-5(2)11(6(3)4)7-8(12)10(14)9(7)13/h5-6,12H,1-4H3. The van der Waals surface area contributed by atoms with Crippen LogP contribution in [0.2, 0.25) is 0 Å². The van der Waals surface area contributed by atoms with Gasteiger partial charge in [-0.05, 0) is 27.7 Å². The summed E-state index contributed by atoms with van der Waals surface area (Å²) in [6, 6.07) is 0.174. The summed E-state index contributed by atoms with van der Waals surface area (Å²) in [5.41, 5.74) is -1.18. The lowest BCUT2D eigenvalue weighted by atomic mass is 10.1. The zero-order valence-corrected chi connectivity index (χ0v) is 8.87. The highest BCUT2D eigenvalue weighted by Gasteiger charge is 2.28. The molecule has 0 saturated carbocycles. The molecule has 0 spiro atoms. The Morgan fingerprint density at radius 3 is 1.71 bits per heavy atom. The van der Waals surface area contributed by atoms with E-state index in [1.165, 1.54) is 0 Å². The molecule has 0 unspecified atom stereocenters. The largest absolute Gasteiger partial charge is 0.502 e. The van der Waals surface area contributed by atoms with Gasteiger partial charge < -0.3 is 10.0 Å². The van der Waals surface area contributed by atoms with Crippen LogP contribution in [-0.4, -0.2) is 17.2 Å². The van der Waals surface area contributed by atoms with Gasteiger partial charge in [0, 0.05) is 12.1 Å². The molecule has 1 rings (SSSR count). The fourth-order valence-corrected chi connectivity index (χ4v) is 1.72. The molecule has 0 aliphatic carbocycles. The number of hydrogen-bond acceptors (Lipinski definition) is 4. The summed E-state index contributed by atoms with van der Waals surface area (Å²) in [4.78, 5) is 23.8. The second-order valence-electron chi connectivity index (χ2n) is 3.95. The number of rotatable bonds is 3. The lowest BCUT2D eigenvalue weighted by Crippen LogP contribution is -2.46. The van der Waals surface area contributed by atoms with Gasteiger partial charge >= 0.3 is 0 Å². The smallest absolute Gasteiger partial charge is 0.271 e. The molecule has 0 fully saturated rings. The van der Waals surface area contributed by atoms with Gasteiger partial charge in [0.05, 0.1) is 0 Å². The fourth-order valence-electron chi connectivity index (χ4n) is 1.72. The van der Waals surface area contributed by atoms with Gasteiger partial charge in [-0.15, -0.1) is 0 Å². The molecule has 0 radical (unpaired) electrons. The van der Waals surface area contributed by atoms with Crippen molar-refractivity contribution in [3.05, 3.63) is 20.4 Å². The molecule has 0 saturated heterocycles. The van der Waals surface area contributed by atoms with E-state index in [1.54, 1.807) is 4.90 Å². The SMILES string of the molecule is CC(C)N(c1c(O)c(=O)c1=O)C(C)C. The van der Waals surface area contributed by atoms with E-state index in [1.807, 2.05) is 27.7 Å². The molecular formula is C10H15NO3. The maximum absolute atomic E-state index is 11.2. The van der Waals surface area contributed by atoms with Crippen molar-refractivity contribution >= 4 is 5.69 Å². The van der Waals surface area contributed by atoms with Crippen LogP contribution in [0.3, 0.4) is 0 Å². The molecule has 0 bridgehead atoms. The van der Waals surface area contributed by atoms with Crippen molar-refractivity contribution in [2.45, 2.75) is 39.8 Å². The van der Waals surface area contributed by atoms with Gasteiger partial charge in [-0.25, -0.2) is 0 Å². The Labute approximate surface area is 82.5 Å². The topological polar surface area (TPSA) is 57.6 Å². The number of nitrogens with zero attached hydrogens (tertiary/aromatic N) is 1. The third-order valence-electron chi connectivity index (χ3n) is 2.23. The van der Waals surface area contributed by atoms with E-state index in [0.717, 1.165) is 0 Å². The summed E-state index contributed by atoms with van der Waals surface area (Å²) in [5.74, 6) is -0.391. The van der Waals surface area contributed by atoms with Crippen LogP contribution in [0.5, 0.6) is 5.75 Å². The van der Waals surface area contributed by atoms with Gasteiger partial charge in [-0.1, -0.05) is 0 Å². The van der Waals surface area contributed by atoms with Gasteiger partial charge in [0.15, 0.2) is 5.75 Å². The maximum atomic E-state index is 11.2. The van der Waals surface area contributed by atoms with E-state index >= 15 is 0 Å². The third-order valence-corrected chi connectivity index (χ3v) is 2.23. The van der Waals surface area contributed by atoms with Crippen LogP contribution >= 0.6 is 0 Å². The quantitative estimate of drug-likeness (QED) is 0.721. The second kappa shape index (κ2) is 3.44. The Kier molecular flexibility index (Phi) is 2.64. The molecule has 1 N–H and O–H groups in total. The summed E-state index contributed by atoms with van der Waals surface area (Å²) >= 11 is 0. The lowest BCUT2D eigenvalue weighted by Gasteiger charge is -2.33. The van der Waals surface area contributed by atoms with Gasteiger partial charge in [-0.2, -0.15) is 0 Å². The minimum absolute atomic E-state index is 0.0872. The van der Waals surface area contributed by atoms with Gasteiger partial charge in [-0.3, -0.25) is 9.59 Å². The average molecular weight is 197 g/mol. The van der Waals surface area contributed by atoms with Crippen LogP contribution in [0.25, 0.3) is 0 Å². The first kappa shape index (κ1) is 10.8. The van der Waals surface area contributed by atoms with Crippen molar-refractivity contribution in [3.63, 3.8) is 0 Å². The van der Waals surface area contributed by atoms with Gasteiger partial charge in [0.2, 0.25) is 0 Å². The molecule has 1 aromatic rings. The van der Waals surface area contributed by atoms with Crippen LogP contribution in [0.4, 0.5) is 5.69 Å². The number of hydrogen-bond donors (Lipinski definition) is 1. The zero-order chi connectivity index (χ0) is 11.0. The van der Waals surface area contributed by atoms with Gasteiger partial charge in [0.25, 0.3) is 10.9 Å². The predicted octanol–water partition coefficient (Wildman–Crippen LogP) is 0.611. The number of aromatic hydroxyl groups is 1. The Bertz CT molecular complexity index is 391. The van der Waals surface area contributed by atoms with E-state index in [0.29, 0.717) is 0 Å². The molecule has 78 valence electrons. The molecule has 0 aliphatic heterocycles. The van der Waals surface area contributed by atoms with Crippen molar-refractivity contribution in [2.24, 2.45) is 0 Å². The fraction of sp³-hybridized carbons (Fsp3) is 0.600.